The molecule has 0 bridgehead atoms. The zero-order chi connectivity index (χ0) is 47.4. The van der Waals surface area contributed by atoms with Crippen LogP contribution in [0.5, 0.6) is 0 Å². The maximum Gasteiger partial charge on any atom is 0.253 e. The summed E-state index contributed by atoms with van der Waals surface area (Å²) in [5.74, 6) is 0.185. The van der Waals surface area contributed by atoms with Crippen molar-refractivity contribution in [2.75, 3.05) is 102 Å². The van der Waals surface area contributed by atoms with Gasteiger partial charge in [0.1, 0.15) is 0 Å². The Bertz CT molecular complexity index is 2170. The number of anilines is 4. The van der Waals surface area contributed by atoms with E-state index in [2.05, 4.69) is 69.6 Å². The van der Waals surface area contributed by atoms with Gasteiger partial charge in [-0.1, -0.05) is 12.1 Å². The lowest BCUT2D eigenvalue weighted by Crippen LogP contribution is -2.41. The van der Waals surface area contributed by atoms with Crippen LogP contribution < -0.4 is 15.5 Å². The summed E-state index contributed by atoms with van der Waals surface area (Å²) in [6.07, 6.45) is 6.83. The van der Waals surface area contributed by atoms with Crippen molar-refractivity contribution in [1.29, 1.82) is 10.5 Å². The zero-order valence-corrected chi connectivity index (χ0v) is 40.7. The van der Waals surface area contributed by atoms with Crippen LogP contribution in [0.25, 0.3) is 0 Å². The van der Waals surface area contributed by atoms with Gasteiger partial charge in [-0.2, -0.15) is 10.5 Å². The lowest BCUT2D eigenvalue weighted by atomic mass is 10.0. The fraction of sp³-hybridized carbons (Fsp3) is 0.481. The molecular weight excluding hydrogens is 821 g/mol. The molecule has 12 heteroatoms. The maximum absolute atomic E-state index is 12.7. The highest BCUT2D eigenvalue weighted by Crippen LogP contribution is 2.33. The molecule has 3 saturated heterocycles. The SMILES string of the molecule is CCN(CC)C(=O)c1ccc(N(c2cccc(C#N)c2)C2CCN(C)CC2)cc1.CCN(CC)C(=O)c1ccc(NC2CCN(C)CC2)cc1.CN1CCC(Nc2cccc(C#N)c2)CC1. The van der Waals surface area contributed by atoms with Gasteiger partial charge in [-0.3, -0.25) is 9.59 Å². The number of piperidine rings is 3. The summed E-state index contributed by atoms with van der Waals surface area (Å²) in [6.45, 7) is 17.6. The number of nitrogens with zero attached hydrogens (tertiary/aromatic N) is 8. The lowest BCUT2D eigenvalue weighted by Gasteiger charge is -2.39. The van der Waals surface area contributed by atoms with Crippen LogP contribution in [0, 0.1) is 22.7 Å². The molecule has 4 aromatic carbocycles. The van der Waals surface area contributed by atoms with Crippen molar-refractivity contribution >= 4 is 34.6 Å². The Kier molecular flexibility index (Phi) is 20.3. The minimum Gasteiger partial charge on any atom is -0.382 e. The first kappa shape index (κ1) is 51.1. The van der Waals surface area contributed by atoms with Gasteiger partial charge in [0, 0.05) is 78.2 Å². The van der Waals surface area contributed by atoms with Crippen LogP contribution in [-0.2, 0) is 0 Å². The molecule has 2 amide bonds. The van der Waals surface area contributed by atoms with E-state index in [1.807, 2.05) is 128 Å². The number of carbonyl (C=O) groups excluding carboxylic acids is 2. The van der Waals surface area contributed by atoms with Crippen LogP contribution in [-0.4, -0.2) is 141 Å². The van der Waals surface area contributed by atoms with E-state index in [4.69, 9.17) is 5.26 Å². The molecule has 12 nitrogen and oxygen atoms in total. The highest BCUT2D eigenvalue weighted by molar-refractivity contribution is 5.95. The highest BCUT2D eigenvalue weighted by atomic mass is 16.2. The van der Waals surface area contributed by atoms with Gasteiger partial charge in [0.15, 0.2) is 0 Å². The summed E-state index contributed by atoms with van der Waals surface area (Å²) in [5.41, 5.74) is 7.13. The Hall–Kier alpha value is -5.92. The van der Waals surface area contributed by atoms with Gasteiger partial charge in [-0.15, -0.1) is 0 Å². The second-order valence-electron chi connectivity index (χ2n) is 17.8. The Morgan fingerprint density at radius 1 is 0.530 bits per heavy atom. The summed E-state index contributed by atoms with van der Waals surface area (Å²) in [4.78, 5) is 38.0. The number of hydrogen-bond donors (Lipinski definition) is 2. The first-order valence-corrected chi connectivity index (χ1v) is 24.2. The average molecular weight is 895 g/mol. The molecule has 3 aliphatic heterocycles. The number of nitriles is 2. The van der Waals surface area contributed by atoms with Gasteiger partial charge in [0.2, 0.25) is 0 Å². The Morgan fingerprint density at radius 2 is 0.939 bits per heavy atom. The van der Waals surface area contributed by atoms with Crippen molar-refractivity contribution in [1.82, 2.24) is 24.5 Å². The van der Waals surface area contributed by atoms with Crippen molar-refractivity contribution in [3.8, 4) is 12.1 Å². The Labute approximate surface area is 395 Å². The molecule has 352 valence electrons. The molecule has 3 fully saturated rings. The van der Waals surface area contributed by atoms with Crippen LogP contribution in [0.3, 0.4) is 0 Å². The molecular formula is C54H74N10O2. The highest BCUT2D eigenvalue weighted by Gasteiger charge is 2.26. The van der Waals surface area contributed by atoms with Gasteiger partial charge in [-0.25, -0.2) is 0 Å². The number of amides is 2. The predicted molar refractivity (Wildman–Crippen MR) is 271 cm³/mol. The molecule has 0 aliphatic carbocycles. The predicted octanol–water partition coefficient (Wildman–Crippen LogP) is 9.01. The molecule has 3 aliphatic rings. The first-order chi connectivity index (χ1) is 32.0. The van der Waals surface area contributed by atoms with E-state index in [9.17, 15) is 14.9 Å². The number of nitrogens with one attached hydrogen (secondary N) is 2. The minimum atomic E-state index is 0.0684. The third kappa shape index (κ3) is 15.1. The first-order valence-electron chi connectivity index (χ1n) is 24.2. The topological polar surface area (TPSA) is 125 Å². The van der Waals surface area contributed by atoms with E-state index in [0.717, 1.165) is 99.1 Å². The molecule has 3 heterocycles. The molecule has 0 unspecified atom stereocenters. The van der Waals surface area contributed by atoms with Gasteiger partial charge >= 0.3 is 0 Å². The van der Waals surface area contributed by atoms with Crippen molar-refractivity contribution in [2.45, 2.75) is 84.3 Å². The van der Waals surface area contributed by atoms with Crippen molar-refractivity contribution in [3.05, 3.63) is 119 Å². The summed E-state index contributed by atoms with van der Waals surface area (Å²) >= 11 is 0. The van der Waals surface area contributed by atoms with Crippen LogP contribution >= 0.6 is 0 Å². The van der Waals surface area contributed by atoms with Gasteiger partial charge in [0.05, 0.1) is 23.3 Å². The van der Waals surface area contributed by atoms with E-state index in [-0.39, 0.29) is 11.8 Å². The second kappa shape index (κ2) is 26.3. The molecule has 0 aromatic heterocycles. The Balaban J connectivity index is 0.000000194. The van der Waals surface area contributed by atoms with Crippen molar-refractivity contribution < 1.29 is 9.59 Å². The third-order valence-corrected chi connectivity index (χ3v) is 13.1. The summed E-state index contributed by atoms with van der Waals surface area (Å²) in [5, 5.41) is 25.2. The van der Waals surface area contributed by atoms with E-state index in [1.54, 1.807) is 0 Å². The molecule has 2 N–H and O–H groups in total. The molecule has 66 heavy (non-hydrogen) atoms. The summed E-state index contributed by atoms with van der Waals surface area (Å²) < 4.78 is 0. The van der Waals surface area contributed by atoms with E-state index >= 15 is 0 Å². The standard InChI is InChI=1S/C24H30N4O.C17H27N3O.C13H17N3/c1-4-27(5-2)24(29)20-9-11-21(12-10-20)28(22-13-15-26(3)16-14-22)23-8-6-7-19(17-23)18-25;1-4-20(5-2)17(21)14-6-8-15(9-7-14)18-16-10-12-19(3)13-11-16;1-16-7-5-12(6-8-16)15-13-4-2-3-11(9-13)10-14/h6-12,17,22H,4-5,13-16H2,1-3H3;6-9,16,18H,4-5,10-13H2,1-3H3;2-4,9,12,15H,5-8H2,1H3. The lowest BCUT2D eigenvalue weighted by molar-refractivity contribution is 0.0765. The number of likely N-dealkylation sites (tertiary alicyclic amines) is 3. The smallest absolute Gasteiger partial charge is 0.253 e. The fourth-order valence-corrected chi connectivity index (χ4v) is 8.87. The fourth-order valence-electron chi connectivity index (χ4n) is 8.87. The maximum atomic E-state index is 12.7. The van der Waals surface area contributed by atoms with E-state index in [1.165, 1.54) is 25.7 Å². The molecule has 0 atom stereocenters. The summed E-state index contributed by atoms with van der Waals surface area (Å²) in [6, 6.07) is 37.2. The van der Waals surface area contributed by atoms with Crippen molar-refractivity contribution in [3.63, 3.8) is 0 Å². The average Bonchev–Trinajstić information content (AvgIpc) is 3.35. The number of hydrogen-bond acceptors (Lipinski definition) is 10. The normalized spacial score (nSPS) is 16.3. The minimum absolute atomic E-state index is 0.0684. The van der Waals surface area contributed by atoms with Crippen LogP contribution in [0.4, 0.5) is 22.7 Å². The van der Waals surface area contributed by atoms with Crippen LogP contribution in [0.15, 0.2) is 97.1 Å². The Morgan fingerprint density at radius 3 is 1.39 bits per heavy atom. The number of carbonyl (C=O) groups is 2. The molecule has 0 spiro atoms. The van der Waals surface area contributed by atoms with Gasteiger partial charge in [0.25, 0.3) is 11.8 Å². The monoisotopic (exact) mass is 895 g/mol. The third-order valence-electron chi connectivity index (χ3n) is 13.1. The van der Waals surface area contributed by atoms with Crippen LogP contribution in [0.1, 0.15) is 98.1 Å². The second-order valence-corrected chi connectivity index (χ2v) is 17.8. The molecule has 0 radical (unpaired) electrons. The number of rotatable bonds is 13. The van der Waals surface area contributed by atoms with Crippen LogP contribution in [0.2, 0.25) is 0 Å². The van der Waals surface area contributed by atoms with Crippen molar-refractivity contribution in [2.24, 2.45) is 0 Å². The molecule has 7 rings (SSSR count). The quantitative estimate of drug-likeness (QED) is 0.134. The van der Waals surface area contributed by atoms with E-state index < -0.39 is 0 Å². The molecule has 0 saturated carbocycles. The molecule has 4 aromatic rings. The van der Waals surface area contributed by atoms with Gasteiger partial charge in [-0.05, 0) is 212 Å². The van der Waals surface area contributed by atoms with Gasteiger partial charge < -0.3 is 40.0 Å². The number of benzene rings is 4. The largest absolute Gasteiger partial charge is 0.382 e. The summed E-state index contributed by atoms with van der Waals surface area (Å²) in [7, 11) is 6.49. The zero-order valence-electron chi connectivity index (χ0n) is 40.7. The van der Waals surface area contributed by atoms with E-state index in [0.29, 0.717) is 42.3 Å².